The summed E-state index contributed by atoms with van der Waals surface area (Å²) >= 11 is 4.24. The number of aromatic hydroxyl groups is 1. The van der Waals surface area contributed by atoms with Crippen LogP contribution in [0.5, 0.6) is 11.5 Å². The molecule has 1 aliphatic rings. The second-order valence-electron chi connectivity index (χ2n) is 5.84. The van der Waals surface area contributed by atoms with E-state index in [2.05, 4.69) is 15.9 Å². The van der Waals surface area contributed by atoms with Gasteiger partial charge in [-0.2, -0.15) is 0 Å². The van der Waals surface area contributed by atoms with Gasteiger partial charge in [-0.15, -0.1) is 0 Å². The topological polar surface area (TPSA) is 66.8 Å². The molecule has 1 heterocycles. The van der Waals surface area contributed by atoms with Crippen molar-refractivity contribution in [1.82, 2.24) is 4.90 Å². The van der Waals surface area contributed by atoms with Crippen molar-refractivity contribution in [3.05, 3.63) is 63.0 Å². The number of carbonyl (C=O) groups excluding carboxylic acids is 2. The molecule has 0 spiro atoms. The molecule has 0 unspecified atom stereocenters. The van der Waals surface area contributed by atoms with E-state index in [1.807, 2.05) is 37.3 Å². The van der Waals surface area contributed by atoms with Crippen molar-refractivity contribution in [2.75, 3.05) is 13.2 Å². The van der Waals surface area contributed by atoms with E-state index in [1.165, 1.54) is 11.0 Å². The predicted octanol–water partition coefficient (Wildman–Crippen LogP) is 4.83. The van der Waals surface area contributed by atoms with Crippen molar-refractivity contribution < 1.29 is 19.4 Å². The first-order valence-electron chi connectivity index (χ1n) is 8.44. The van der Waals surface area contributed by atoms with Crippen molar-refractivity contribution in [2.45, 2.75) is 13.3 Å². The van der Waals surface area contributed by atoms with Gasteiger partial charge in [-0.05, 0) is 48.9 Å². The number of hydrogen-bond donors (Lipinski definition) is 1. The normalized spacial score (nSPS) is 15.6. The van der Waals surface area contributed by atoms with E-state index >= 15 is 0 Å². The third-order valence-electron chi connectivity index (χ3n) is 4.00. The number of benzene rings is 2. The zero-order valence-electron chi connectivity index (χ0n) is 14.6. The number of amides is 2. The van der Waals surface area contributed by atoms with Gasteiger partial charge in [0.2, 0.25) is 0 Å². The van der Waals surface area contributed by atoms with Gasteiger partial charge in [0, 0.05) is 16.6 Å². The Kier molecular flexibility index (Phi) is 6.23. The van der Waals surface area contributed by atoms with Crippen LogP contribution in [0.2, 0.25) is 0 Å². The maximum atomic E-state index is 12.6. The number of rotatable bonds is 6. The van der Waals surface area contributed by atoms with E-state index in [-0.39, 0.29) is 21.8 Å². The SMILES string of the molecule is CCOc1cc(Br)cc(/C=C2\SC(=O)N(CCc3ccccc3)C2=O)c1O. The molecule has 2 aromatic carbocycles. The summed E-state index contributed by atoms with van der Waals surface area (Å²) in [4.78, 5) is 26.4. The highest BCUT2D eigenvalue weighted by Gasteiger charge is 2.34. The second kappa shape index (κ2) is 8.63. The number of halogens is 1. The Morgan fingerprint density at radius 2 is 1.96 bits per heavy atom. The van der Waals surface area contributed by atoms with Crippen molar-refractivity contribution in [3.63, 3.8) is 0 Å². The van der Waals surface area contributed by atoms with Gasteiger partial charge in [-0.1, -0.05) is 46.3 Å². The highest BCUT2D eigenvalue weighted by molar-refractivity contribution is 9.10. The molecule has 1 aliphatic heterocycles. The molecule has 5 nitrogen and oxygen atoms in total. The Morgan fingerprint density at radius 1 is 1.22 bits per heavy atom. The molecule has 1 N–H and O–H groups in total. The van der Waals surface area contributed by atoms with Crippen LogP contribution in [-0.2, 0) is 11.2 Å². The van der Waals surface area contributed by atoms with Gasteiger partial charge in [0.05, 0.1) is 11.5 Å². The van der Waals surface area contributed by atoms with Crippen LogP contribution in [0.3, 0.4) is 0 Å². The van der Waals surface area contributed by atoms with E-state index in [1.54, 1.807) is 12.1 Å². The zero-order chi connectivity index (χ0) is 19.4. The van der Waals surface area contributed by atoms with E-state index in [9.17, 15) is 14.7 Å². The van der Waals surface area contributed by atoms with Crippen LogP contribution in [0.25, 0.3) is 6.08 Å². The van der Waals surface area contributed by atoms with Gasteiger partial charge < -0.3 is 9.84 Å². The summed E-state index contributed by atoms with van der Waals surface area (Å²) in [5.74, 6) is -0.0872. The number of nitrogens with zero attached hydrogens (tertiary/aromatic N) is 1. The lowest BCUT2D eigenvalue weighted by molar-refractivity contribution is -0.122. The molecule has 2 aromatic rings. The lowest BCUT2D eigenvalue weighted by Crippen LogP contribution is -2.30. The fourth-order valence-corrected chi connectivity index (χ4v) is 4.00. The van der Waals surface area contributed by atoms with E-state index in [0.717, 1.165) is 17.3 Å². The van der Waals surface area contributed by atoms with Crippen LogP contribution < -0.4 is 4.74 Å². The van der Waals surface area contributed by atoms with Gasteiger partial charge in [-0.25, -0.2) is 0 Å². The quantitative estimate of drug-likeness (QED) is 0.642. The second-order valence-corrected chi connectivity index (χ2v) is 7.75. The smallest absolute Gasteiger partial charge is 0.293 e. The van der Waals surface area contributed by atoms with Crippen LogP contribution in [0.4, 0.5) is 4.79 Å². The van der Waals surface area contributed by atoms with Crippen molar-refractivity contribution in [2.24, 2.45) is 0 Å². The number of phenolic OH excluding ortho intramolecular Hbond substituents is 1. The standard InChI is InChI=1S/C20H18BrNO4S/c1-2-26-16-12-15(21)10-14(18(16)23)11-17-19(24)22(20(25)27-17)9-8-13-6-4-3-5-7-13/h3-7,10-12,23H,2,8-9H2,1H3/b17-11-. The molecule has 2 amide bonds. The van der Waals surface area contributed by atoms with Gasteiger partial charge in [0.15, 0.2) is 11.5 Å². The number of hydrogen-bond acceptors (Lipinski definition) is 5. The summed E-state index contributed by atoms with van der Waals surface area (Å²) in [6.07, 6.45) is 2.12. The summed E-state index contributed by atoms with van der Waals surface area (Å²) in [7, 11) is 0. The Bertz CT molecular complexity index is 898. The summed E-state index contributed by atoms with van der Waals surface area (Å²) in [6.45, 7) is 2.54. The Hall–Kier alpha value is -2.25. The molecular weight excluding hydrogens is 430 g/mol. The molecule has 7 heteroatoms. The van der Waals surface area contributed by atoms with Gasteiger partial charge in [0.25, 0.3) is 11.1 Å². The van der Waals surface area contributed by atoms with Crippen molar-refractivity contribution in [1.29, 1.82) is 0 Å². The molecule has 0 radical (unpaired) electrons. The fourth-order valence-electron chi connectivity index (χ4n) is 2.69. The average Bonchev–Trinajstić information content (AvgIpc) is 2.91. The van der Waals surface area contributed by atoms with Crippen LogP contribution >= 0.6 is 27.7 Å². The molecule has 1 saturated heterocycles. The zero-order valence-corrected chi connectivity index (χ0v) is 17.0. The first-order valence-corrected chi connectivity index (χ1v) is 10.0. The van der Waals surface area contributed by atoms with Crippen LogP contribution in [-0.4, -0.2) is 34.3 Å². The maximum Gasteiger partial charge on any atom is 0.293 e. The first kappa shape index (κ1) is 19.5. The fraction of sp³-hybridized carbons (Fsp3) is 0.200. The Balaban J connectivity index is 1.80. The highest BCUT2D eigenvalue weighted by Crippen LogP contribution is 2.38. The van der Waals surface area contributed by atoms with Crippen LogP contribution in [0.1, 0.15) is 18.1 Å². The molecule has 0 saturated carbocycles. The molecule has 1 fully saturated rings. The lowest BCUT2D eigenvalue weighted by Gasteiger charge is -2.12. The van der Waals surface area contributed by atoms with Crippen molar-refractivity contribution in [3.8, 4) is 11.5 Å². The largest absolute Gasteiger partial charge is 0.504 e. The molecule has 0 bridgehead atoms. The molecule has 0 atom stereocenters. The number of imide groups is 1. The van der Waals surface area contributed by atoms with Gasteiger partial charge in [0.1, 0.15) is 0 Å². The molecule has 3 rings (SSSR count). The van der Waals surface area contributed by atoms with E-state index < -0.39 is 0 Å². The first-order chi connectivity index (χ1) is 13.0. The summed E-state index contributed by atoms with van der Waals surface area (Å²) in [5.41, 5.74) is 1.48. The minimum absolute atomic E-state index is 0.0591. The third-order valence-corrected chi connectivity index (χ3v) is 5.36. The monoisotopic (exact) mass is 447 g/mol. The highest BCUT2D eigenvalue weighted by atomic mass is 79.9. The van der Waals surface area contributed by atoms with E-state index in [4.69, 9.17) is 4.74 Å². The number of thioether (sulfide) groups is 1. The molecule has 27 heavy (non-hydrogen) atoms. The van der Waals surface area contributed by atoms with Crippen LogP contribution in [0.15, 0.2) is 51.8 Å². The van der Waals surface area contributed by atoms with Crippen molar-refractivity contribution >= 4 is 44.9 Å². The van der Waals surface area contributed by atoms with Gasteiger partial charge >= 0.3 is 0 Å². The van der Waals surface area contributed by atoms with Crippen LogP contribution in [0, 0.1) is 0 Å². The number of ether oxygens (including phenoxy) is 1. The van der Waals surface area contributed by atoms with E-state index in [0.29, 0.717) is 35.4 Å². The minimum Gasteiger partial charge on any atom is -0.504 e. The molecule has 0 aliphatic carbocycles. The Morgan fingerprint density at radius 3 is 2.67 bits per heavy atom. The molecular formula is C20H18BrNO4S. The maximum absolute atomic E-state index is 12.6. The van der Waals surface area contributed by atoms with Gasteiger partial charge in [-0.3, -0.25) is 14.5 Å². The lowest BCUT2D eigenvalue weighted by atomic mass is 10.1. The Labute approximate surface area is 170 Å². The number of phenols is 1. The summed E-state index contributed by atoms with van der Waals surface area (Å²) in [5, 5.41) is 10.1. The molecule has 0 aromatic heterocycles. The minimum atomic E-state index is -0.349. The third kappa shape index (κ3) is 4.54. The molecule has 140 valence electrons. The summed E-state index contributed by atoms with van der Waals surface area (Å²) < 4.78 is 6.11. The summed E-state index contributed by atoms with van der Waals surface area (Å²) in [6, 6.07) is 13.0. The average molecular weight is 448 g/mol. The predicted molar refractivity (Wildman–Crippen MR) is 110 cm³/mol. The number of carbonyl (C=O) groups is 2.